The van der Waals surface area contributed by atoms with E-state index in [2.05, 4.69) is 5.32 Å². The molecule has 1 aliphatic heterocycles. The van der Waals surface area contributed by atoms with Crippen LogP contribution >= 0.6 is 0 Å². The number of hydrogen-bond acceptors (Lipinski definition) is 6. The molecule has 33 heavy (non-hydrogen) atoms. The van der Waals surface area contributed by atoms with Crippen LogP contribution in [0.25, 0.3) is 0 Å². The first-order valence-corrected chi connectivity index (χ1v) is 11.8. The smallest absolute Gasteiger partial charge is 0.333 e. The number of likely N-dealkylation sites (N-methyl/N-ethyl adjacent to an activating group) is 2. The van der Waals surface area contributed by atoms with Gasteiger partial charge in [-0.1, -0.05) is 40.7 Å². The van der Waals surface area contributed by atoms with Crippen LogP contribution in [-0.4, -0.2) is 85.2 Å². The number of nitrogens with one attached hydrogen (secondary N) is 1. The van der Waals surface area contributed by atoms with Crippen molar-refractivity contribution >= 4 is 17.8 Å². The number of carbonyl (C=O) groups excluding carboxylic acids is 3. The predicted octanol–water partition coefficient (Wildman–Crippen LogP) is 2.62. The lowest BCUT2D eigenvalue weighted by molar-refractivity contribution is -0.157. The molecule has 0 aromatic rings. The highest BCUT2D eigenvalue weighted by atomic mass is 16.5. The molecular formula is C25H45N3O5. The van der Waals surface area contributed by atoms with Gasteiger partial charge < -0.3 is 19.7 Å². The maximum Gasteiger partial charge on any atom is 0.333 e. The minimum atomic E-state index is -0.751. The highest BCUT2D eigenvalue weighted by Gasteiger charge is 2.45. The fraction of sp³-hybridized carbons (Fsp3) is 0.800. The summed E-state index contributed by atoms with van der Waals surface area (Å²) in [6.07, 6.45) is 1.77. The molecule has 190 valence electrons. The highest BCUT2D eigenvalue weighted by Crippen LogP contribution is 2.27. The zero-order valence-electron chi connectivity index (χ0n) is 22.4. The fourth-order valence-corrected chi connectivity index (χ4v) is 4.25. The lowest BCUT2D eigenvalue weighted by Gasteiger charge is -2.45. The number of amides is 2. The Balaban J connectivity index is 3.21. The van der Waals surface area contributed by atoms with Gasteiger partial charge in [0.05, 0.1) is 24.9 Å². The van der Waals surface area contributed by atoms with Gasteiger partial charge in [-0.05, 0) is 46.1 Å². The van der Waals surface area contributed by atoms with Crippen LogP contribution in [0.1, 0.15) is 62.3 Å². The summed E-state index contributed by atoms with van der Waals surface area (Å²) in [5.74, 6) is -0.786. The number of hydrogen-bond donors (Lipinski definition) is 1. The molecule has 0 aromatic heterocycles. The number of ether oxygens (including phenoxy) is 2. The van der Waals surface area contributed by atoms with Crippen LogP contribution < -0.4 is 5.32 Å². The van der Waals surface area contributed by atoms with Crippen molar-refractivity contribution in [1.82, 2.24) is 15.1 Å². The second kappa shape index (κ2) is 11.5. The largest absolute Gasteiger partial charge is 0.463 e. The van der Waals surface area contributed by atoms with Crippen LogP contribution in [-0.2, 0) is 23.9 Å². The number of nitrogens with zero attached hydrogens (tertiary/aromatic N) is 2. The van der Waals surface area contributed by atoms with Gasteiger partial charge in [-0.2, -0.15) is 0 Å². The van der Waals surface area contributed by atoms with Crippen LogP contribution in [0.3, 0.4) is 0 Å². The third-order valence-corrected chi connectivity index (χ3v) is 6.16. The fourth-order valence-electron chi connectivity index (χ4n) is 4.25. The molecule has 1 unspecified atom stereocenters. The third-order valence-electron chi connectivity index (χ3n) is 6.16. The Labute approximate surface area is 200 Å². The zero-order chi connectivity index (χ0) is 25.7. The molecule has 0 saturated carbocycles. The van der Waals surface area contributed by atoms with Crippen LogP contribution in [0.15, 0.2) is 11.6 Å². The van der Waals surface area contributed by atoms with Crippen LogP contribution in [0.2, 0.25) is 0 Å². The van der Waals surface area contributed by atoms with Gasteiger partial charge in [-0.25, -0.2) is 4.79 Å². The SMILES string of the molecule is CCOC(=O)/C(C)=C/[C@H](C(C)C)N(C)C(=O)C(NC(=O)[C@H]1N(C)CCOC1(C)C)C(C)(C)C. The van der Waals surface area contributed by atoms with E-state index in [4.69, 9.17) is 9.47 Å². The molecule has 1 rings (SSSR count). The molecule has 2 amide bonds. The van der Waals surface area contributed by atoms with E-state index in [1.54, 1.807) is 31.9 Å². The minimum absolute atomic E-state index is 0.0523. The van der Waals surface area contributed by atoms with Crippen molar-refractivity contribution in [3.8, 4) is 0 Å². The van der Waals surface area contributed by atoms with Crippen molar-refractivity contribution in [2.75, 3.05) is 33.9 Å². The Bertz CT molecular complexity index is 739. The number of carbonyl (C=O) groups is 3. The van der Waals surface area contributed by atoms with Crippen LogP contribution in [0.5, 0.6) is 0 Å². The first kappa shape index (κ1) is 29.1. The first-order chi connectivity index (χ1) is 15.0. The topological polar surface area (TPSA) is 88.2 Å². The molecule has 1 aliphatic rings. The predicted molar refractivity (Wildman–Crippen MR) is 130 cm³/mol. The molecule has 8 heteroatoms. The van der Waals surface area contributed by atoms with E-state index >= 15 is 0 Å². The molecule has 3 atom stereocenters. The van der Waals surface area contributed by atoms with Crippen LogP contribution in [0, 0.1) is 11.3 Å². The summed E-state index contributed by atoms with van der Waals surface area (Å²) in [5, 5.41) is 3.02. The van der Waals surface area contributed by atoms with E-state index < -0.39 is 29.1 Å². The second-order valence-electron chi connectivity index (χ2n) is 10.9. The standard InChI is InChI=1S/C25H45N3O5/c1-12-32-23(31)17(4)15-18(16(2)3)28(11)22(30)19(24(5,6)7)26-21(29)20-25(8,9)33-14-13-27(20)10/h15-16,18-20H,12-14H2,1-11H3,(H,26,29)/b17-15+/t18-,19?,20-/m1/s1. The molecular weight excluding hydrogens is 422 g/mol. The van der Waals surface area contributed by atoms with Gasteiger partial charge in [0.1, 0.15) is 12.1 Å². The Morgan fingerprint density at radius 1 is 1.27 bits per heavy atom. The van der Waals surface area contributed by atoms with Crippen molar-refractivity contribution in [3.05, 3.63) is 11.6 Å². The molecule has 0 aliphatic carbocycles. The van der Waals surface area contributed by atoms with Gasteiger partial charge in [0.15, 0.2) is 0 Å². The van der Waals surface area contributed by atoms with E-state index in [1.807, 2.05) is 60.4 Å². The summed E-state index contributed by atoms with van der Waals surface area (Å²) in [6.45, 7) is 18.5. The summed E-state index contributed by atoms with van der Waals surface area (Å²) in [4.78, 5) is 42.8. The monoisotopic (exact) mass is 467 g/mol. The van der Waals surface area contributed by atoms with Crippen molar-refractivity contribution in [3.63, 3.8) is 0 Å². The number of rotatable bonds is 8. The first-order valence-electron chi connectivity index (χ1n) is 11.8. The lowest BCUT2D eigenvalue weighted by atomic mass is 9.84. The van der Waals surface area contributed by atoms with Crippen molar-refractivity contribution < 1.29 is 23.9 Å². The van der Waals surface area contributed by atoms with Crippen LogP contribution in [0.4, 0.5) is 0 Å². The van der Waals surface area contributed by atoms with E-state index in [0.29, 0.717) is 25.3 Å². The van der Waals surface area contributed by atoms with Gasteiger partial charge >= 0.3 is 5.97 Å². The van der Waals surface area contributed by atoms with Gasteiger partial charge in [-0.3, -0.25) is 14.5 Å². The average molecular weight is 468 g/mol. The lowest BCUT2D eigenvalue weighted by Crippen LogP contribution is -2.65. The summed E-state index contributed by atoms with van der Waals surface area (Å²) in [6, 6.07) is -1.60. The summed E-state index contributed by atoms with van der Waals surface area (Å²) < 4.78 is 10.9. The summed E-state index contributed by atoms with van der Waals surface area (Å²) in [7, 11) is 3.61. The quantitative estimate of drug-likeness (QED) is 0.436. The average Bonchev–Trinajstić information content (AvgIpc) is 2.67. The van der Waals surface area contributed by atoms with Gasteiger partial charge in [0.25, 0.3) is 0 Å². The molecule has 1 heterocycles. The van der Waals surface area contributed by atoms with E-state index in [1.165, 1.54) is 0 Å². The van der Waals surface area contributed by atoms with Crippen molar-refractivity contribution in [2.24, 2.45) is 11.3 Å². The summed E-state index contributed by atoms with van der Waals surface area (Å²) in [5.41, 5.74) is -0.746. The Kier molecular flexibility index (Phi) is 10.1. The Morgan fingerprint density at radius 3 is 2.30 bits per heavy atom. The zero-order valence-corrected chi connectivity index (χ0v) is 22.4. The van der Waals surface area contributed by atoms with Gasteiger partial charge in [0.2, 0.25) is 11.8 Å². The number of morpholine rings is 1. The second-order valence-corrected chi connectivity index (χ2v) is 10.9. The molecule has 0 spiro atoms. The van der Waals surface area contributed by atoms with Crippen molar-refractivity contribution in [2.45, 2.75) is 86.0 Å². The van der Waals surface area contributed by atoms with E-state index in [-0.39, 0.29) is 23.8 Å². The van der Waals surface area contributed by atoms with Crippen molar-refractivity contribution in [1.29, 1.82) is 0 Å². The highest BCUT2D eigenvalue weighted by molar-refractivity contribution is 5.91. The summed E-state index contributed by atoms with van der Waals surface area (Å²) >= 11 is 0. The number of esters is 1. The molecule has 0 aromatic carbocycles. The normalized spacial score (nSPS) is 21.3. The Hall–Kier alpha value is -1.93. The van der Waals surface area contributed by atoms with E-state index in [0.717, 1.165) is 0 Å². The molecule has 0 bridgehead atoms. The Morgan fingerprint density at radius 2 is 1.85 bits per heavy atom. The maximum atomic E-state index is 13.7. The molecule has 1 fully saturated rings. The van der Waals surface area contributed by atoms with Gasteiger partial charge in [-0.15, -0.1) is 0 Å². The molecule has 1 N–H and O–H groups in total. The third kappa shape index (κ3) is 7.54. The molecule has 0 radical (unpaired) electrons. The molecule has 1 saturated heterocycles. The van der Waals surface area contributed by atoms with Gasteiger partial charge in [0, 0.05) is 19.2 Å². The molecule has 8 nitrogen and oxygen atoms in total. The maximum absolute atomic E-state index is 13.7. The van der Waals surface area contributed by atoms with E-state index in [9.17, 15) is 14.4 Å². The minimum Gasteiger partial charge on any atom is -0.463 e.